The maximum absolute atomic E-state index is 10.8. The highest BCUT2D eigenvalue weighted by molar-refractivity contribution is 6.51. The molecule has 0 saturated heterocycles. The predicted molar refractivity (Wildman–Crippen MR) is 78.9 cm³/mol. The van der Waals surface area contributed by atoms with Crippen molar-refractivity contribution in [2.24, 2.45) is 0 Å². The molecular weight excluding hydrogens is 330 g/mol. The van der Waals surface area contributed by atoms with E-state index >= 15 is 0 Å². The van der Waals surface area contributed by atoms with Crippen molar-refractivity contribution in [1.82, 2.24) is 0 Å². The van der Waals surface area contributed by atoms with Crippen LogP contribution in [0, 0.1) is 0 Å². The van der Waals surface area contributed by atoms with Crippen LogP contribution in [0.2, 0.25) is 20.1 Å². The Hall–Kier alpha value is -0.930. The second kappa shape index (κ2) is 5.59. The number of aromatic carboxylic acids is 1. The van der Waals surface area contributed by atoms with Crippen molar-refractivity contribution in [2.75, 3.05) is 0 Å². The lowest BCUT2D eigenvalue weighted by atomic mass is 10.0. The van der Waals surface area contributed by atoms with Gasteiger partial charge in [0, 0.05) is 5.56 Å². The molecule has 0 aliphatic rings. The Morgan fingerprint density at radius 3 is 2.00 bits per heavy atom. The largest absolute Gasteiger partial charge is 0.478 e. The van der Waals surface area contributed by atoms with Gasteiger partial charge in [-0.05, 0) is 23.8 Å². The zero-order valence-corrected chi connectivity index (χ0v) is 12.3. The molecule has 0 aromatic heterocycles. The second-order valence-electron chi connectivity index (χ2n) is 3.73. The number of carboxylic acids is 1. The first kappa shape index (κ1) is 14.5. The lowest BCUT2D eigenvalue weighted by molar-refractivity contribution is 0.0697. The summed E-state index contributed by atoms with van der Waals surface area (Å²) < 4.78 is 0. The Labute approximate surface area is 129 Å². The highest BCUT2D eigenvalue weighted by Gasteiger charge is 2.15. The quantitative estimate of drug-likeness (QED) is 0.567. The minimum atomic E-state index is -1.00. The lowest BCUT2D eigenvalue weighted by Gasteiger charge is -2.10. The monoisotopic (exact) mass is 334 g/mol. The van der Waals surface area contributed by atoms with Gasteiger partial charge >= 0.3 is 5.97 Å². The van der Waals surface area contributed by atoms with Crippen LogP contribution < -0.4 is 0 Å². The summed E-state index contributed by atoms with van der Waals surface area (Å²) in [6, 6.07) is 7.65. The van der Waals surface area contributed by atoms with Gasteiger partial charge in [0.1, 0.15) is 0 Å². The van der Waals surface area contributed by atoms with Crippen LogP contribution in [0.15, 0.2) is 30.3 Å². The Morgan fingerprint density at radius 1 is 0.895 bits per heavy atom. The third-order valence-corrected chi connectivity index (χ3v) is 4.09. The molecule has 0 saturated carbocycles. The Kier molecular flexibility index (Phi) is 4.26. The zero-order valence-electron chi connectivity index (χ0n) is 9.25. The molecule has 0 unspecified atom stereocenters. The van der Waals surface area contributed by atoms with E-state index in [1.807, 2.05) is 0 Å². The lowest BCUT2D eigenvalue weighted by Crippen LogP contribution is -1.95. The van der Waals surface area contributed by atoms with E-state index < -0.39 is 5.97 Å². The fraction of sp³-hybridized carbons (Fsp3) is 0. The van der Waals surface area contributed by atoms with E-state index in [-0.39, 0.29) is 20.6 Å². The fourth-order valence-corrected chi connectivity index (χ4v) is 2.74. The minimum absolute atomic E-state index is 0.177. The van der Waals surface area contributed by atoms with Crippen molar-refractivity contribution in [3.05, 3.63) is 56.0 Å². The van der Waals surface area contributed by atoms with Gasteiger partial charge in [-0.2, -0.15) is 0 Å². The average molecular weight is 336 g/mol. The van der Waals surface area contributed by atoms with Gasteiger partial charge in [0.2, 0.25) is 0 Å². The van der Waals surface area contributed by atoms with Crippen molar-refractivity contribution in [3.8, 4) is 11.1 Å². The number of carboxylic acid groups (broad SMARTS) is 1. The maximum atomic E-state index is 10.8. The maximum Gasteiger partial charge on any atom is 0.335 e. The van der Waals surface area contributed by atoms with Crippen LogP contribution in [0.1, 0.15) is 10.4 Å². The number of hydrogen-bond donors (Lipinski definition) is 1. The Bertz CT molecular complexity index is 651. The molecule has 6 heteroatoms. The topological polar surface area (TPSA) is 37.3 Å². The van der Waals surface area contributed by atoms with E-state index in [1.165, 1.54) is 18.2 Å². The number of benzene rings is 2. The van der Waals surface area contributed by atoms with Gasteiger partial charge in [-0.25, -0.2) is 4.79 Å². The van der Waals surface area contributed by atoms with Gasteiger partial charge < -0.3 is 5.11 Å². The SMILES string of the molecule is O=C(O)c1ccc(-c2c(Cl)cc(Cl)c(Cl)c2Cl)cc1. The van der Waals surface area contributed by atoms with Crippen LogP contribution in [0.4, 0.5) is 0 Å². The molecule has 0 aliphatic heterocycles. The van der Waals surface area contributed by atoms with Crippen LogP contribution in [0.3, 0.4) is 0 Å². The molecule has 2 nitrogen and oxygen atoms in total. The second-order valence-corrected chi connectivity index (χ2v) is 5.30. The fourth-order valence-electron chi connectivity index (χ4n) is 1.61. The first-order chi connectivity index (χ1) is 8.91. The molecule has 0 atom stereocenters. The van der Waals surface area contributed by atoms with Gasteiger partial charge in [-0.3, -0.25) is 0 Å². The highest BCUT2D eigenvalue weighted by atomic mass is 35.5. The van der Waals surface area contributed by atoms with Crippen LogP contribution in [0.25, 0.3) is 11.1 Å². The molecule has 0 radical (unpaired) electrons. The van der Waals surface area contributed by atoms with Crippen molar-refractivity contribution in [3.63, 3.8) is 0 Å². The number of carbonyl (C=O) groups is 1. The summed E-state index contributed by atoms with van der Waals surface area (Å²) in [5.74, 6) is -1.00. The molecule has 0 spiro atoms. The Morgan fingerprint density at radius 2 is 1.47 bits per heavy atom. The van der Waals surface area contributed by atoms with E-state index in [0.717, 1.165) is 0 Å². The number of halogens is 4. The first-order valence-corrected chi connectivity index (χ1v) is 6.59. The van der Waals surface area contributed by atoms with E-state index in [2.05, 4.69) is 0 Å². The van der Waals surface area contributed by atoms with Gasteiger partial charge in [0.25, 0.3) is 0 Å². The molecule has 98 valence electrons. The predicted octanol–water partition coefficient (Wildman–Crippen LogP) is 5.67. The molecule has 1 N–H and O–H groups in total. The van der Waals surface area contributed by atoms with Crippen molar-refractivity contribution < 1.29 is 9.90 Å². The van der Waals surface area contributed by atoms with E-state index in [1.54, 1.807) is 12.1 Å². The minimum Gasteiger partial charge on any atom is -0.478 e. The Balaban J connectivity index is 2.59. The molecular formula is C13H6Cl4O2. The van der Waals surface area contributed by atoms with Crippen LogP contribution in [0.5, 0.6) is 0 Å². The summed E-state index contributed by atoms with van der Waals surface area (Å²) >= 11 is 24.1. The van der Waals surface area contributed by atoms with Gasteiger partial charge in [0.15, 0.2) is 0 Å². The molecule has 0 aliphatic carbocycles. The average Bonchev–Trinajstić information content (AvgIpc) is 2.37. The molecule has 0 fully saturated rings. The van der Waals surface area contributed by atoms with Crippen LogP contribution in [-0.2, 0) is 0 Å². The molecule has 0 heterocycles. The molecule has 2 rings (SSSR count). The van der Waals surface area contributed by atoms with Crippen molar-refractivity contribution in [1.29, 1.82) is 0 Å². The standard InChI is InChI=1S/C13H6Cl4O2/c14-8-5-9(15)11(16)12(17)10(8)6-1-3-7(4-2-6)13(18)19/h1-5H,(H,18,19). The summed E-state index contributed by atoms with van der Waals surface area (Å²) in [6.45, 7) is 0. The molecule has 2 aromatic carbocycles. The first-order valence-electron chi connectivity index (χ1n) is 5.08. The smallest absolute Gasteiger partial charge is 0.335 e. The number of rotatable bonds is 2. The molecule has 19 heavy (non-hydrogen) atoms. The van der Waals surface area contributed by atoms with E-state index in [0.29, 0.717) is 16.1 Å². The van der Waals surface area contributed by atoms with Crippen molar-refractivity contribution in [2.45, 2.75) is 0 Å². The third-order valence-electron chi connectivity index (χ3n) is 2.53. The summed E-state index contributed by atoms with van der Waals surface area (Å²) in [6.07, 6.45) is 0. The normalized spacial score (nSPS) is 10.5. The van der Waals surface area contributed by atoms with Gasteiger partial charge in [0.05, 0.1) is 25.7 Å². The summed E-state index contributed by atoms with van der Waals surface area (Å²) in [4.78, 5) is 10.8. The summed E-state index contributed by atoms with van der Waals surface area (Å²) in [5.41, 5.74) is 1.37. The molecule has 0 amide bonds. The summed E-state index contributed by atoms with van der Waals surface area (Å²) in [5, 5.41) is 9.91. The third kappa shape index (κ3) is 2.82. The van der Waals surface area contributed by atoms with Gasteiger partial charge in [-0.15, -0.1) is 0 Å². The molecule has 0 bridgehead atoms. The van der Waals surface area contributed by atoms with Crippen LogP contribution >= 0.6 is 46.4 Å². The van der Waals surface area contributed by atoms with Crippen LogP contribution in [-0.4, -0.2) is 11.1 Å². The van der Waals surface area contributed by atoms with E-state index in [4.69, 9.17) is 51.5 Å². The molecule has 2 aromatic rings. The summed E-state index contributed by atoms with van der Waals surface area (Å²) in [7, 11) is 0. The van der Waals surface area contributed by atoms with Gasteiger partial charge in [-0.1, -0.05) is 58.5 Å². The van der Waals surface area contributed by atoms with Crippen molar-refractivity contribution >= 4 is 52.4 Å². The highest BCUT2D eigenvalue weighted by Crippen LogP contribution is 2.42. The zero-order chi connectivity index (χ0) is 14.2. The number of hydrogen-bond acceptors (Lipinski definition) is 1. The van der Waals surface area contributed by atoms with E-state index in [9.17, 15) is 4.79 Å².